The monoisotopic (exact) mass is 470 g/mol. The van der Waals surface area contributed by atoms with Gasteiger partial charge in [-0.15, -0.1) is 24.8 Å². The van der Waals surface area contributed by atoms with Crippen LogP contribution in [0.1, 0.15) is 28.8 Å². The van der Waals surface area contributed by atoms with Crippen molar-refractivity contribution in [3.05, 3.63) is 47.3 Å². The maximum absolute atomic E-state index is 15.2. The first kappa shape index (κ1) is 23.6. The van der Waals surface area contributed by atoms with Crippen LogP contribution in [0, 0.1) is 5.82 Å². The van der Waals surface area contributed by atoms with Gasteiger partial charge in [-0.05, 0) is 25.0 Å². The van der Waals surface area contributed by atoms with E-state index >= 15 is 4.39 Å². The lowest BCUT2D eigenvalue weighted by molar-refractivity contribution is 0.0598. The van der Waals surface area contributed by atoms with Gasteiger partial charge in [0.05, 0.1) is 43.7 Å². The van der Waals surface area contributed by atoms with E-state index in [2.05, 4.69) is 10.2 Å². The number of hydrogen-bond donors (Lipinski definition) is 1. The van der Waals surface area contributed by atoms with Crippen LogP contribution in [0.15, 0.2) is 30.3 Å². The second-order valence-electron chi connectivity index (χ2n) is 7.68. The molecule has 3 aliphatic rings. The van der Waals surface area contributed by atoms with E-state index in [9.17, 15) is 4.79 Å². The summed E-state index contributed by atoms with van der Waals surface area (Å²) in [5.41, 5.74) is 3.06. The first-order valence-electron chi connectivity index (χ1n) is 9.91. The Morgan fingerprint density at radius 1 is 1.16 bits per heavy atom. The molecule has 5 rings (SSSR count). The number of esters is 1. The molecule has 2 aromatic carbocycles. The number of para-hydroxylation sites is 1. The summed E-state index contributed by atoms with van der Waals surface area (Å²) in [6.07, 6.45) is 1.99. The summed E-state index contributed by atoms with van der Waals surface area (Å²) in [7, 11) is 1.32. The van der Waals surface area contributed by atoms with E-state index in [1.165, 1.54) is 13.2 Å². The van der Waals surface area contributed by atoms with E-state index in [0.717, 1.165) is 18.4 Å². The zero-order chi connectivity index (χ0) is 20.0. The second kappa shape index (κ2) is 9.61. The molecular weight excluding hydrogens is 446 g/mol. The van der Waals surface area contributed by atoms with Crippen molar-refractivity contribution >= 4 is 36.5 Å². The standard InChI is InChI=1S/C22H23FN2O4.2ClH/c1-27-22(26)18-7-19(23)17(16-4-2-3-13-9-24-12-29-21(13)16)8-20(18)25-14-5-6-15(25)11-28-10-14;;/h2-4,7-8,14-15,24H,5-6,9-12H2,1H3;2*1H. The number of anilines is 1. The fraction of sp³-hybridized carbons (Fsp3) is 0.409. The predicted octanol–water partition coefficient (Wildman–Crippen LogP) is 3.93. The normalized spacial score (nSPS) is 21.3. The first-order valence-corrected chi connectivity index (χ1v) is 9.91. The Bertz CT molecular complexity index is 959. The number of hydrogen-bond acceptors (Lipinski definition) is 6. The third kappa shape index (κ3) is 4.07. The number of benzene rings is 2. The van der Waals surface area contributed by atoms with Gasteiger partial charge in [0.25, 0.3) is 0 Å². The minimum absolute atomic E-state index is 0. The molecule has 6 nitrogen and oxygen atoms in total. The van der Waals surface area contributed by atoms with Gasteiger partial charge in [-0.3, -0.25) is 5.32 Å². The molecule has 31 heavy (non-hydrogen) atoms. The summed E-state index contributed by atoms with van der Waals surface area (Å²) >= 11 is 0. The molecule has 3 aliphatic heterocycles. The van der Waals surface area contributed by atoms with Gasteiger partial charge in [-0.2, -0.15) is 0 Å². The highest BCUT2D eigenvalue weighted by Crippen LogP contribution is 2.42. The molecule has 2 atom stereocenters. The third-order valence-electron chi connectivity index (χ3n) is 6.03. The lowest BCUT2D eigenvalue weighted by atomic mass is 9.97. The van der Waals surface area contributed by atoms with Gasteiger partial charge in [0.1, 0.15) is 18.3 Å². The molecule has 0 saturated carbocycles. The molecule has 0 radical (unpaired) electrons. The summed E-state index contributed by atoms with van der Waals surface area (Å²) in [5.74, 6) is -0.316. The highest BCUT2D eigenvalue weighted by Gasteiger charge is 2.39. The zero-order valence-corrected chi connectivity index (χ0v) is 18.7. The minimum Gasteiger partial charge on any atom is -0.477 e. The molecule has 0 amide bonds. The van der Waals surface area contributed by atoms with Crippen LogP contribution < -0.4 is 15.0 Å². The van der Waals surface area contributed by atoms with Crippen molar-refractivity contribution < 1.29 is 23.4 Å². The Kier molecular flexibility index (Phi) is 7.31. The molecule has 0 spiro atoms. The first-order chi connectivity index (χ1) is 14.2. The summed E-state index contributed by atoms with van der Waals surface area (Å²) in [6.45, 7) is 2.27. The molecule has 0 aromatic heterocycles. The fourth-order valence-corrected chi connectivity index (χ4v) is 4.69. The number of rotatable bonds is 3. The van der Waals surface area contributed by atoms with Gasteiger partial charge in [-0.25, -0.2) is 9.18 Å². The van der Waals surface area contributed by atoms with Crippen LogP contribution in [0.25, 0.3) is 11.1 Å². The second-order valence-corrected chi connectivity index (χ2v) is 7.68. The van der Waals surface area contributed by atoms with E-state index in [4.69, 9.17) is 14.2 Å². The summed E-state index contributed by atoms with van der Waals surface area (Å²) in [6, 6.07) is 9.16. The number of methoxy groups -OCH3 is 1. The average molecular weight is 471 g/mol. The molecule has 2 unspecified atom stereocenters. The van der Waals surface area contributed by atoms with Gasteiger partial charge >= 0.3 is 5.97 Å². The topological polar surface area (TPSA) is 60.0 Å². The van der Waals surface area contributed by atoms with Gasteiger partial charge in [0, 0.05) is 23.2 Å². The van der Waals surface area contributed by atoms with Crippen molar-refractivity contribution in [2.75, 3.05) is 32.0 Å². The molecule has 2 bridgehead atoms. The maximum Gasteiger partial charge on any atom is 0.340 e. The molecule has 0 aliphatic carbocycles. The zero-order valence-electron chi connectivity index (χ0n) is 17.1. The quantitative estimate of drug-likeness (QED) is 0.685. The Morgan fingerprint density at radius 3 is 2.61 bits per heavy atom. The Balaban J connectivity index is 0.00000136. The van der Waals surface area contributed by atoms with E-state index in [0.29, 0.717) is 49.1 Å². The molecule has 3 heterocycles. The summed E-state index contributed by atoms with van der Waals surface area (Å²) in [5, 5.41) is 3.15. The van der Waals surface area contributed by atoms with Gasteiger partial charge < -0.3 is 19.1 Å². The smallest absolute Gasteiger partial charge is 0.340 e. The van der Waals surface area contributed by atoms with Gasteiger partial charge in [0.2, 0.25) is 0 Å². The van der Waals surface area contributed by atoms with Gasteiger partial charge in [-0.1, -0.05) is 18.2 Å². The highest BCUT2D eigenvalue weighted by molar-refractivity contribution is 5.97. The lowest BCUT2D eigenvalue weighted by Gasteiger charge is -2.37. The van der Waals surface area contributed by atoms with Gasteiger partial charge in [0.15, 0.2) is 0 Å². The largest absolute Gasteiger partial charge is 0.477 e. The molecule has 2 aromatic rings. The van der Waals surface area contributed by atoms with Crippen LogP contribution in [0.5, 0.6) is 5.75 Å². The number of carbonyl (C=O) groups excluding carboxylic acids is 1. The molecular formula is C22H25Cl2FN2O4. The van der Waals surface area contributed by atoms with Crippen molar-refractivity contribution in [3.63, 3.8) is 0 Å². The van der Waals surface area contributed by atoms with E-state index in [1.54, 1.807) is 6.07 Å². The summed E-state index contributed by atoms with van der Waals surface area (Å²) < 4.78 is 31.7. The lowest BCUT2D eigenvalue weighted by Crippen LogP contribution is -2.46. The van der Waals surface area contributed by atoms with Crippen LogP contribution in [-0.4, -0.2) is 45.1 Å². The van der Waals surface area contributed by atoms with Crippen LogP contribution in [0.2, 0.25) is 0 Å². The van der Waals surface area contributed by atoms with E-state index < -0.39 is 11.8 Å². The Labute approximate surface area is 192 Å². The van der Waals surface area contributed by atoms with Crippen LogP contribution in [0.4, 0.5) is 10.1 Å². The Morgan fingerprint density at radius 2 is 1.90 bits per heavy atom. The van der Waals surface area contributed by atoms with E-state index in [1.807, 2.05) is 18.2 Å². The van der Waals surface area contributed by atoms with Crippen molar-refractivity contribution in [2.45, 2.75) is 31.5 Å². The number of morpholine rings is 1. The average Bonchev–Trinajstić information content (AvgIpc) is 3.00. The number of carbonyl (C=O) groups is 1. The van der Waals surface area contributed by atoms with E-state index in [-0.39, 0.29) is 42.5 Å². The molecule has 2 saturated heterocycles. The third-order valence-corrected chi connectivity index (χ3v) is 6.03. The SMILES string of the molecule is COC(=O)c1cc(F)c(-c2cccc3c2OCNC3)cc1N1C2CCC1COC2.Cl.Cl. The number of nitrogens with one attached hydrogen (secondary N) is 1. The molecule has 168 valence electrons. The maximum atomic E-state index is 15.2. The van der Waals surface area contributed by atoms with Crippen LogP contribution >= 0.6 is 24.8 Å². The molecule has 1 N–H and O–H groups in total. The summed E-state index contributed by atoms with van der Waals surface area (Å²) in [4.78, 5) is 14.7. The number of fused-ring (bicyclic) bond motifs is 3. The van der Waals surface area contributed by atoms with Crippen molar-refractivity contribution in [1.82, 2.24) is 5.32 Å². The van der Waals surface area contributed by atoms with Crippen LogP contribution in [0.3, 0.4) is 0 Å². The van der Waals surface area contributed by atoms with Crippen molar-refractivity contribution in [3.8, 4) is 16.9 Å². The fourth-order valence-electron chi connectivity index (χ4n) is 4.69. The van der Waals surface area contributed by atoms with Crippen molar-refractivity contribution in [1.29, 1.82) is 0 Å². The Hall–Kier alpha value is -2.06. The minimum atomic E-state index is -0.535. The predicted molar refractivity (Wildman–Crippen MR) is 120 cm³/mol. The molecule has 2 fully saturated rings. The van der Waals surface area contributed by atoms with Crippen molar-refractivity contribution in [2.24, 2.45) is 0 Å². The van der Waals surface area contributed by atoms with Crippen LogP contribution in [-0.2, 0) is 16.0 Å². The number of ether oxygens (including phenoxy) is 3. The number of nitrogens with zero attached hydrogens (tertiary/aromatic N) is 1. The highest BCUT2D eigenvalue weighted by atomic mass is 35.5. The number of halogens is 3. The molecule has 9 heteroatoms.